The van der Waals surface area contributed by atoms with Gasteiger partial charge in [0.1, 0.15) is 0 Å². The second-order valence-corrected chi connectivity index (χ2v) is 8.80. The Bertz CT molecular complexity index is 1080. The Labute approximate surface area is 200 Å². The fraction of sp³-hybridized carbons (Fsp3) is 0.321. The van der Waals surface area contributed by atoms with Crippen LogP contribution in [0.2, 0.25) is 0 Å². The Morgan fingerprint density at radius 2 is 1.68 bits per heavy atom. The highest BCUT2D eigenvalue weighted by atomic mass is 16.4. The first-order valence-corrected chi connectivity index (χ1v) is 11.6. The van der Waals surface area contributed by atoms with Gasteiger partial charge in [-0.25, -0.2) is 0 Å². The fourth-order valence-corrected chi connectivity index (χ4v) is 4.11. The Morgan fingerprint density at radius 1 is 1.00 bits per heavy atom. The minimum atomic E-state index is -0.849. The molecule has 1 heterocycles. The topological polar surface area (TPSA) is 94.9 Å². The van der Waals surface area contributed by atoms with Crippen molar-refractivity contribution in [3.8, 4) is 0 Å². The molecule has 1 unspecified atom stereocenters. The predicted octanol–water partition coefficient (Wildman–Crippen LogP) is 5.43. The summed E-state index contributed by atoms with van der Waals surface area (Å²) in [4.78, 5) is 38.4. The van der Waals surface area contributed by atoms with E-state index in [2.05, 4.69) is 13.8 Å². The van der Waals surface area contributed by atoms with Gasteiger partial charge in [0.25, 0.3) is 5.91 Å². The maximum absolute atomic E-state index is 13.2. The van der Waals surface area contributed by atoms with Crippen molar-refractivity contribution < 1.29 is 24.6 Å². The number of carboxylic acids is 1. The van der Waals surface area contributed by atoms with Crippen molar-refractivity contribution >= 4 is 23.7 Å². The number of unbranched alkanes of at least 4 members (excludes halogenated alkanes) is 2. The smallest absolute Gasteiger partial charge is 0.303 e. The van der Waals surface area contributed by atoms with Gasteiger partial charge in [0, 0.05) is 13.0 Å². The van der Waals surface area contributed by atoms with E-state index >= 15 is 0 Å². The number of aliphatic hydroxyl groups excluding tert-OH is 1. The zero-order valence-corrected chi connectivity index (χ0v) is 19.6. The maximum atomic E-state index is 13.2. The molecule has 2 N–H and O–H groups in total. The number of hydrogen-bond donors (Lipinski definition) is 2. The van der Waals surface area contributed by atoms with Gasteiger partial charge in [0.2, 0.25) is 0 Å². The predicted molar refractivity (Wildman–Crippen MR) is 131 cm³/mol. The average molecular weight is 462 g/mol. The first-order chi connectivity index (χ1) is 16.3. The molecule has 178 valence electrons. The molecule has 0 aliphatic carbocycles. The number of carbonyl (C=O) groups is 3. The third-order valence-corrected chi connectivity index (χ3v) is 6.00. The van der Waals surface area contributed by atoms with Gasteiger partial charge >= 0.3 is 5.97 Å². The van der Waals surface area contributed by atoms with Crippen LogP contribution in [0.3, 0.4) is 0 Å². The molecule has 2 aromatic rings. The zero-order chi connectivity index (χ0) is 24.7. The lowest BCUT2D eigenvalue weighted by Gasteiger charge is -2.27. The Balaban J connectivity index is 1.88. The molecular formula is C28H31NO5. The summed E-state index contributed by atoms with van der Waals surface area (Å²) in [6.45, 7) is 4.50. The number of carbonyl (C=O) groups excluding carboxylic acids is 2. The van der Waals surface area contributed by atoms with E-state index in [4.69, 9.17) is 5.11 Å². The fourth-order valence-electron chi connectivity index (χ4n) is 4.11. The molecule has 3 rings (SSSR count). The van der Waals surface area contributed by atoms with Gasteiger partial charge in [-0.15, -0.1) is 0 Å². The second kappa shape index (κ2) is 11.5. The lowest BCUT2D eigenvalue weighted by atomic mass is 9.93. The highest BCUT2D eigenvalue weighted by Crippen LogP contribution is 2.38. The lowest BCUT2D eigenvalue weighted by Crippen LogP contribution is -2.32. The van der Waals surface area contributed by atoms with Gasteiger partial charge in [0.05, 0.1) is 11.6 Å². The van der Waals surface area contributed by atoms with E-state index in [9.17, 15) is 19.5 Å². The van der Waals surface area contributed by atoms with Crippen LogP contribution in [0, 0.1) is 0 Å². The molecule has 6 nitrogen and oxygen atoms in total. The average Bonchev–Trinajstić information content (AvgIpc) is 3.08. The number of ketones is 1. The number of benzene rings is 2. The summed E-state index contributed by atoms with van der Waals surface area (Å²) in [6.07, 6.45) is 4.85. The van der Waals surface area contributed by atoms with Crippen LogP contribution in [0.15, 0.2) is 72.0 Å². The van der Waals surface area contributed by atoms with E-state index < -0.39 is 29.5 Å². The third-order valence-electron chi connectivity index (χ3n) is 6.00. The van der Waals surface area contributed by atoms with Crippen molar-refractivity contribution in [2.24, 2.45) is 0 Å². The third kappa shape index (κ3) is 6.01. The van der Waals surface area contributed by atoms with Crippen LogP contribution in [0.1, 0.15) is 68.2 Å². The molecule has 1 atom stereocenters. The molecule has 34 heavy (non-hydrogen) atoms. The molecule has 0 bridgehead atoms. The Kier molecular flexibility index (Phi) is 8.41. The van der Waals surface area contributed by atoms with Crippen LogP contribution in [0.5, 0.6) is 0 Å². The van der Waals surface area contributed by atoms with E-state index in [-0.39, 0.29) is 12.0 Å². The molecule has 0 radical (unpaired) electrons. The summed E-state index contributed by atoms with van der Waals surface area (Å²) in [5.74, 6) is -2.03. The Morgan fingerprint density at radius 3 is 2.29 bits per heavy atom. The van der Waals surface area contributed by atoms with Crippen LogP contribution in [0.4, 0.5) is 0 Å². The number of rotatable bonds is 11. The highest BCUT2D eigenvalue weighted by Gasteiger charge is 2.42. The molecule has 0 fully saturated rings. The summed E-state index contributed by atoms with van der Waals surface area (Å²) >= 11 is 0. The van der Waals surface area contributed by atoms with Gasteiger partial charge < -0.3 is 15.1 Å². The minimum absolute atomic E-state index is 0.0695. The molecule has 2 aromatic carbocycles. The molecule has 0 aromatic heterocycles. The minimum Gasteiger partial charge on any atom is -0.503 e. The monoisotopic (exact) mass is 461 g/mol. The van der Waals surface area contributed by atoms with Crippen molar-refractivity contribution in [2.75, 3.05) is 6.54 Å². The highest BCUT2D eigenvalue weighted by molar-refractivity contribution is 6.14. The van der Waals surface area contributed by atoms with E-state index in [1.165, 1.54) is 11.0 Å². The molecule has 1 amide bonds. The second-order valence-electron chi connectivity index (χ2n) is 8.80. The van der Waals surface area contributed by atoms with Crippen LogP contribution >= 0.6 is 0 Å². The number of nitrogens with zero attached hydrogens (tertiary/aromatic N) is 1. The van der Waals surface area contributed by atoms with Gasteiger partial charge in [-0.2, -0.15) is 0 Å². The van der Waals surface area contributed by atoms with Crippen LogP contribution < -0.4 is 0 Å². The van der Waals surface area contributed by atoms with Gasteiger partial charge in [-0.3, -0.25) is 14.4 Å². The largest absolute Gasteiger partial charge is 0.503 e. The van der Waals surface area contributed by atoms with Gasteiger partial charge in [-0.05, 0) is 41.5 Å². The summed E-state index contributed by atoms with van der Waals surface area (Å²) in [6, 6.07) is 16.4. The zero-order valence-electron chi connectivity index (χ0n) is 19.6. The first kappa shape index (κ1) is 25.0. The number of hydrogen-bond acceptors (Lipinski definition) is 4. The Hall–Kier alpha value is -3.67. The number of allylic oxidation sites excluding steroid dienone is 1. The molecule has 1 aliphatic heterocycles. The molecular weight excluding hydrogens is 430 g/mol. The van der Waals surface area contributed by atoms with Gasteiger partial charge in [-0.1, -0.05) is 80.9 Å². The van der Waals surface area contributed by atoms with Crippen molar-refractivity contribution in [3.63, 3.8) is 0 Å². The summed E-state index contributed by atoms with van der Waals surface area (Å²) < 4.78 is 0. The van der Waals surface area contributed by atoms with Gasteiger partial charge in [0.15, 0.2) is 11.5 Å². The quantitative estimate of drug-likeness (QED) is 0.344. The summed E-state index contributed by atoms with van der Waals surface area (Å²) in [5, 5.41) is 19.5. The summed E-state index contributed by atoms with van der Waals surface area (Å²) in [5.41, 5.74) is 2.80. The SMILES string of the molecule is CC(C)c1ccc(C2C(C(=O)/C=C/c3ccccc3)=C(O)C(=O)N2CCCCCC(=O)O)cc1. The number of aliphatic hydroxyl groups is 1. The van der Waals surface area contributed by atoms with E-state index in [0.717, 1.165) is 16.7 Å². The van der Waals surface area contributed by atoms with Crippen molar-refractivity contribution in [1.29, 1.82) is 0 Å². The maximum Gasteiger partial charge on any atom is 0.303 e. The molecule has 0 saturated heterocycles. The number of amides is 1. The standard InChI is InChI=1S/C28H31NO5/c1-19(2)21-13-15-22(16-14-21)26-25(23(30)17-12-20-9-5-3-6-10-20)27(33)28(34)29(26)18-8-4-7-11-24(31)32/h3,5-6,9-10,12-17,19,26,33H,4,7-8,11,18H2,1-2H3,(H,31,32)/b17-12+. The molecule has 6 heteroatoms. The van der Waals surface area contributed by atoms with Crippen LogP contribution in [0.25, 0.3) is 6.08 Å². The van der Waals surface area contributed by atoms with Crippen LogP contribution in [-0.2, 0) is 14.4 Å². The molecule has 1 aliphatic rings. The normalized spacial score (nSPS) is 16.1. The van der Waals surface area contributed by atoms with Crippen molar-refractivity contribution in [3.05, 3.63) is 88.7 Å². The number of aliphatic carboxylic acids is 1. The van der Waals surface area contributed by atoms with E-state index in [1.54, 1.807) is 6.08 Å². The van der Waals surface area contributed by atoms with E-state index in [0.29, 0.717) is 31.7 Å². The molecule has 0 spiro atoms. The van der Waals surface area contributed by atoms with Crippen molar-refractivity contribution in [1.82, 2.24) is 4.90 Å². The summed E-state index contributed by atoms with van der Waals surface area (Å²) in [7, 11) is 0. The van der Waals surface area contributed by atoms with Crippen molar-refractivity contribution in [2.45, 2.75) is 51.5 Å². The lowest BCUT2D eigenvalue weighted by molar-refractivity contribution is -0.137. The van der Waals surface area contributed by atoms with Crippen LogP contribution in [-0.4, -0.2) is 39.3 Å². The van der Waals surface area contributed by atoms with E-state index in [1.807, 2.05) is 54.6 Å². The number of carboxylic acid groups (broad SMARTS) is 1. The first-order valence-electron chi connectivity index (χ1n) is 11.6. The molecule has 0 saturated carbocycles.